The van der Waals surface area contributed by atoms with Crippen LogP contribution in [0.3, 0.4) is 0 Å². The van der Waals surface area contributed by atoms with Crippen LogP contribution in [0, 0.1) is 0 Å². The Morgan fingerprint density at radius 1 is 1.60 bits per heavy atom. The number of aromatic carboxylic acids is 1. The molecule has 3 rings (SSSR count). The zero-order valence-corrected chi connectivity index (χ0v) is 7.78. The molecule has 0 unspecified atom stereocenters. The number of carbonyl (C=O) groups is 1. The van der Waals surface area contributed by atoms with E-state index in [0.717, 1.165) is 23.0 Å². The molecule has 0 amide bonds. The molecule has 0 bridgehead atoms. The number of carboxylic acids is 1. The van der Waals surface area contributed by atoms with Gasteiger partial charge in [-0.3, -0.25) is 0 Å². The van der Waals surface area contributed by atoms with E-state index in [4.69, 9.17) is 9.84 Å². The molecule has 0 fully saturated rings. The van der Waals surface area contributed by atoms with Gasteiger partial charge in [-0.05, 0) is 6.07 Å². The predicted octanol–water partition coefficient (Wildman–Crippen LogP) is 1.20. The number of imidazole rings is 1. The monoisotopic (exact) mass is 204 g/mol. The molecule has 76 valence electrons. The maximum atomic E-state index is 11.0. The van der Waals surface area contributed by atoms with Crippen molar-refractivity contribution in [3.05, 3.63) is 23.5 Å². The Hall–Kier alpha value is -2.04. The van der Waals surface area contributed by atoms with E-state index in [1.54, 1.807) is 12.4 Å². The van der Waals surface area contributed by atoms with Gasteiger partial charge in [-0.2, -0.15) is 0 Å². The minimum absolute atomic E-state index is 0.208. The number of fused-ring (bicyclic) bond motifs is 3. The molecule has 1 aliphatic heterocycles. The van der Waals surface area contributed by atoms with Crippen LogP contribution in [0.4, 0.5) is 0 Å². The number of nitrogens with zero attached hydrogens (tertiary/aromatic N) is 1. The second kappa shape index (κ2) is 2.73. The van der Waals surface area contributed by atoms with E-state index in [9.17, 15) is 4.79 Å². The van der Waals surface area contributed by atoms with E-state index < -0.39 is 5.97 Å². The van der Waals surface area contributed by atoms with Gasteiger partial charge in [0, 0.05) is 12.0 Å². The summed E-state index contributed by atoms with van der Waals surface area (Å²) in [5.41, 5.74) is 2.66. The summed E-state index contributed by atoms with van der Waals surface area (Å²) in [5, 5.41) is 9.03. The number of rotatable bonds is 1. The summed E-state index contributed by atoms with van der Waals surface area (Å²) in [6.07, 6.45) is 2.28. The van der Waals surface area contributed by atoms with Crippen LogP contribution in [-0.2, 0) is 6.42 Å². The molecule has 1 aliphatic rings. The van der Waals surface area contributed by atoms with Gasteiger partial charge in [0.05, 0.1) is 24.0 Å². The number of nitrogens with one attached hydrogen (secondary N) is 1. The first kappa shape index (κ1) is 8.28. The summed E-state index contributed by atoms with van der Waals surface area (Å²) in [7, 11) is 0. The van der Waals surface area contributed by atoms with Crippen LogP contribution in [0.15, 0.2) is 12.4 Å². The van der Waals surface area contributed by atoms with Crippen molar-refractivity contribution in [2.75, 3.05) is 6.61 Å². The Labute approximate surface area is 84.7 Å². The van der Waals surface area contributed by atoms with E-state index in [-0.39, 0.29) is 5.56 Å². The molecule has 0 saturated carbocycles. The molecule has 0 spiro atoms. The van der Waals surface area contributed by atoms with Crippen molar-refractivity contribution in [2.45, 2.75) is 6.42 Å². The summed E-state index contributed by atoms with van der Waals surface area (Å²) >= 11 is 0. The molecule has 2 aromatic rings. The summed E-state index contributed by atoms with van der Waals surface area (Å²) in [4.78, 5) is 18.1. The van der Waals surface area contributed by atoms with E-state index in [1.807, 2.05) is 0 Å². The zero-order chi connectivity index (χ0) is 10.4. The third-order valence-corrected chi connectivity index (χ3v) is 2.59. The molecule has 0 radical (unpaired) electrons. The lowest BCUT2D eigenvalue weighted by molar-refractivity contribution is 0.0693. The average Bonchev–Trinajstić information content (AvgIpc) is 2.83. The van der Waals surface area contributed by atoms with Crippen molar-refractivity contribution in [3.63, 3.8) is 0 Å². The minimum atomic E-state index is -0.968. The highest BCUT2D eigenvalue weighted by Crippen LogP contribution is 2.34. The Kier molecular flexibility index (Phi) is 1.50. The first-order valence-corrected chi connectivity index (χ1v) is 4.62. The third kappa shape index (κ3) is 1.03. The smallest absolute Gasteiger partial charge is 0.339 e. The molecule has 1 aromatic heterocycles. The number of aromatic amines is 1. The van der Waals surface area contributed by atoms with Crippen LogP contribution in [0.1, 0.15) is 15.9 Å². The largest absolute Gasteiger partial charge is 0.492 e. The van der Waals surface area contributed by atoms with Crippen molar-refractivity contribution < 1.29 is 14.6 Å². The fraction of sp³-hybridized carbons (Fsp3) is 0.200. The second-order valence-corrected chi connectivity index (χ2v) is 3.43. The number of carboxylic acid groups (broad SMARTS) is 1. The van der Waals surface area contributed by atoms with E-state index >= 15 is 0 Å². The van der Waals surface area contributed by atoms with Gasteiger partial charge in [0.1, 0.15) is 11.3 Å². The molecule has 0 aliphatic carbocycles. The molecule has 2 N–H and O–H groups in total. The number of hydrogen-bond donors (Lipinski definition) is 2. The highest BCUT2D eigenvalue weighted by Gasteiger charge is 2.24. The highest BCUT2D eigenvalue weighted by molar-refractivity contribution is 5.98. The molecule has 5 heteroatoms. The van der Waals surface area contributed by atoms with Crippen molar-refractivity contribution >= 4 is 17.0 Å². The number of ether oxygens (including phenoxy) is 1. The summed E-state index contributed by atoms with van der Waals surface area (Å²) in [6.45, 7) is 0.529. The van der Waals surface area contributed by atoms with Gasteiger partial charge in [-0.1, -0.05) is 0 Å². The normalized spacial score (nSPS) is 13.9. The predicted molar refractivity (Wildman–Crippen MR) is 52.3 cm³/mol. The van der Waals surface area contributed by atoms with Crippen LogP contribution < -0.4 is 4.74 Å². The highest BCUT2D eigenvalue weighted by atomic mass is 16.5. The lowest BCUT2D eigenvalue weighted by Crippen LogP contribution is -2.00. The second-order valence-electron chi connectivity index (χ2n) is 3.43. The molecule has 0 saturated heterocycles. The quantitative estimate of drug-likeness (QED) is 0.731. The third-order valence-electron chi connectivity index (χ3n) is 2.59. The Morgan fingerprint density at radius 3 is 3.27 bits per heavy atom. The van der Waals surface area contributed by atoms with Crippen molar-refractivity contribution in [1.29, 1.82) is 0 Å². The van der Waals surface area contributed by atoms with Crippen LogP contribution >= 0.6 is 0 Å². The van der Waals surface area contributed by atoms with E-state index in [1.165, 1.54) is 0 Å². The Morgan fingerprint density at radius 2 is 2.47 bits per heavy atom. The fourth-order valence-corrected chi connectivity index (χ4v) is 1.95. The summed E-state index contributed by atoms with van der Waals surface area (Å²) in [6, 6.07) is 1.56. The van der Waals surface area contributed by atoms with Gasteiger partial charge in [0.15, 0.2) is 0 Å². The SMILES string of the molecule is O=C(O)c1cc2[nH]cnc2c2c1OCC2. The lowest BCUT2D eigenvalue weighted by atomic mass is 10.1. The molecule has 1 aromatic carbocycles. The maximum Gasteiger partial charge on any atom is 0.339 e. The van der Waals surface area contributed by atoms with Crippen molar-refractivity contribution in [1.82, 2.24) is 9.97 Å². The van der Waals surface area contributed by atoms with Crippen LogP contribution in [-0.4, -0.2) is 27.7 Å². The standard InChI is InChI=1S/C10H8N2O3/c13-10(14)6-3-7-8(12-4-11-7)5-1-2-15-9(5)6/h3-4H,1-2H2,(H,11,12)(H,13,14). The van der Waals surface area contributed by atoms with Crippen molar-refractivity contribution in [2.24, 2.45) is 0 Å². The fourth-order valence-electron chi connectivity index (χ4n) is 1.95. The van der Waals surface area contributed by atoms with Crippen LogP contribution in [0.5, 0.6) is 5.75 Å². The Bertz CT molecular complexity index is 559. The topological polar surface area (TPSA) is 75.2 Å². The van der Waals surface area contributed by atoms with Gasteiger partial charge in [0.25, 0.3) is 0 Å². The van der Waals surface area contributed by atoms with Gasteiger partial charge in [0.2, 0.25) is 0 Å². The molecular weight excluding hydrogens is 196 g/mol. The number of benzene rings is 1. The van der Waals surface area contributed by atoms with Crippen LogP contribution in [0.2, 0.25) is 0 Å². The van der Waals surface area contributed by atoms with E-state index in [0.29, 0.717) is 12.4 Å². The van der Waals surface area contributed by atoms with Crippen molar-refractivity contribution in [3.8, 4) is 5.75 Å². The number of H-pyrrole nitrogens is 1. The van der Waals surface area contributed by atoms with Gasteiger partial charge in [-0.25, -0.2) is 9.78 Å². The molecular formula is C10H8N2O3. The maximum absolute atomic E-state index is 11.0. The average molecular weight is 204 g/mol. The van der Waals surface area contributed by atoms with Gasteiger partial charge >= 0.3 is 5.97 Å². The lowest BCUT2D eigenvalue weighted by Gasteiger charge is -2.04. The summed E-state index contributed by atoms with van der Waals surface area (Å²) in [5.74, 6) is -0.494. The number of aromatic nitrogens is 2. The number of hydrogen-bond acceptors (Lipinski definition) is 3. The molecule has 5 nitrogen and oxygen atoms in total. The first-order valence-electron chi connectivity index (χ1n) is 4.62. The van der Waals surface area contributed by atoms with E-state index in [2.05, 4.69) is 9.97 Å². The first-order chi connectivity index (χ1) is 7.27. The molecule has 15 heavy (non-hydrogen) atoms. The van der Waals surface area contributed by atoms with Crippen LogP contribution in [0.25, 0.3) is 11.0 Å². The zero-order valence-electron chi connectivity index (χ0n) is 7.78. The van der Waals surface area contributed by atoms with Gasteiger partial charge in [-0.15, -0.1) is 0 Å². The van der Waals surface area contributed by atoms with Gasteiger partial charge < -0.3 is 14.8 Å². The summed E-state index contributed by atoms with van der Waals surface area (Å²) < 4.78 is 5.33. The Balaban J connectivity index is 2.42. The minimum Gasteiger partial charge on any atom is -0.492 e. The molecule has 0 atom stereocenters. The molecule has 2 heterocycles.